The molecule has 2 aliphatic rings. The number of rotatable bonds is 5. The number of hydrogen-bond acceptors (Lipinski definition) is 3. The molecule has 0 spiro atoms. The first-order valence-corrected chi connectivity index (χ1v) is 5.58. The molecule has 2 rings (SSSR count). The van der Waals surface area contributed by atoms with Gasteiger partial charge in [0.2, 0.25) is 0 Å². The maximum Gasteiger partial charge on any atom is 0.319 e. The van der Waals surface area contributed by atoms with Gasteiger partial charge in [-0.1, -0.05) is 0 Å². The third-order valence-corrected chi connectivity index (χ3v) is 2.95. The molecule has 86 valence electrons. The van der Waals surface area contributed by atoms with Crippen molar-refractivity contribution >= 4 is 6.03 Å². The lowest BCUT2D eigenvalue weighted by Crippen LogP contribution is -2.40. The van der Waals surface area contributed by atoms with E-state index in [4.69, 9.17) is 0 Å². The first kappa shape index (κ1) is 10.7. The molecule has 0 aromatic heterocycles. The van der Waals surface area contributed by atoms with E-state index in [2.05, 4.69) is 5.32 Å². The topological polar surface area (TPSA) is 55.8 Å². The normalized spacial score (nSPS) is 23.7. The summed E-state index contributed by atoms with van der Waals surface area (Å²) in [4.78, 5) is 14.9. The van der Waals surface area contributed by atoms with Crippen LogP contribution in [0.5, 0.6) is 0 Å². The molecule has 0 radical (unpaired) electrons. The van der Waals surface area contributed by atoms with E-state index in [1.165, 1.54) is 12.8 Å². The fourth-order valence-corrected chi connectivity index (χ4v) is 1.78. The number of carbonyl (C=O) groups is 1. The van der Waals surface area contributed by atoms with Gasteiger partial charge in [-0.25, -0.2) is 4.79 Å². The van der Waals surface area contributed by atoms with E-state index >= 15 is 0 Å². The summed E-state index contributed by atoms with van der Waals surface area (Å²) in [6.45, 7) is 2.54. The highest BCUT2D eigenvalue weighted by Gasteiger charge is 2.27. The van der Waals surface area contributed by atoms with E-state index in [0.29, 0.717) is 19.1 Å². The van der Waals surface area contributed by atoms with Crippen molar-refractivity contribution in [2.24, 2.45) is 0 Å². The van der Waals surface area contributed by atoms with Gasteiger partial charge in [-0.3, -0.25) is 0 Å². The minimum atomic E-state index is -0.443. The Hall–Kier alpha value is -0.810. The molecule has 0 aromatic rings. The molecule has 2 N–H and O–H groups in total. The number of urea groups is 1. The monoisotopic (exact) mass is 213 g/mol. The first-order valence-electron chi connectivity index (χ1n) is 5.58. The maximum absolute atomic E-state index is 11.5. The molecule has 5 heteroatoms. The lowest BCUT2D eigenvalue weighted by molar-refractivity contribution is 0.126. The van der Waals surface area contributed by atoms with E-state index in [-0.39, 0.29) is 6.03 Å². The van der Waals surface area contributed by atoms with Crippen molar-refractivity contribution < 1.29 is 9.90 Å². The maximum atomic E-state index is 11.5. The molecule has 2 fully saturated rings. The smallest absolute Gasteiger partial charge is 0.319 e. The van der Waals surface area contributed by atoms with Crippen molar-refractivity contribution in [2.45, 2.75) is 25.0 Å². The van der Waals surface area contributed by atoms with E-state index in [0.717, 1.165) is 13.1 Å². The molecule has 1 aliphatic carbocycles. The van der Waals surface area contributed by atoms with E-state index in [1.54, 1.807) is 16.8 Å². The van der Waals surface area contributed by atoms with Gasteiger partial charge in [-0.15, -0.1) is 0 Å². The van der Waals surface area contributed by atoms with Gasteiger partial charge in [0.05, 0.1) is 6.10 Å². The number of β-amino-alcohol motifs (C(OH)–C–C–N with tert-alkyl or cyclic N) is 1. The Balaban J connectivity index is 1.68. The summed E-state index contributed by atoms with van der Waals surface area (Å²) in [6.07, 6.45) is 2.00. The van der Waals surface area contributed by atoms with Crippen molar-refractivity contribution in [1.29, 1.82) is 0 Å². The summed E-state index contributed by atoms with van der Waals surface area (Å²) in [5.74, 6) is 0. The SMILES string of the molecule is CN1CCN(CC(O)CNC2CC2)C1=O. The predicted octanol–water partition coefficient (Wildman–Crippen LogP) is -0.533. The fourth-order valence-electron chi connectivity index (χ4n) is 1.78. The molecule has 0 aromatic carbocycles. The molecule has 5 nitrogen and oxygen atoms in total. The zero-order valence-corrected chi connectivity index (χ0v) is 9.15. The molecule has 1 atom stereocenters. The lowest BCUT2D eigenvalue weighted by Gasteiger charge is -2.20. The third-order valence-electron chi connectivity index (χ3n) is 2.95. The summed E-state index contributed by atoms with van der Waals surface area (Å²) < 4.78 is 0. The number of likely N-dealkylation sites (N-methyl/N-ethyl adjacent to an activating group) is 1. The Morgan fingerprint density at radius 3 is 2.80 bits per heavy atom. The number of amides is 2. The minimum Gasteiger partial charge on any atom is -0.390 e. The Bertz CT molecular complexity index is 243. The summed E-state index contributed by atoms with van der Waals surface area (Å²) in [7, 11) is 1.79. The number of aliphatic hydroxyl groups excluding tert-OH is 1. The summed E-state index contributed by atoms with van der Waals surface area (Å²) >= 11 is 0. The number of nitrogens with one attached hydrogen (secondary N) is 1. The number of hydrogen-bond donors (Lipinski definition) is 2. The molecule has 1 unspecified atom stereocenters. The zero-order valence-electron chi connectivity index (χ0n) is 9.15. The summed E-state index contributed by atoms with van der Waals surface area (Å²) in [6, 6.07) is 0.636. The Morgan fingerprint density at radius 1 is 1.53 bits per heavy atom. The van der Waals surface area contributed by atoms with Crippen LogP contribution in [0.15, 0.2) is 0 Å². The van der Waals surface area contributed by atoms with Crippen LogP contribution in [0.2, 0.25) is 0 Å². The standard InChI is InChI=1S/C10H19N3O2/c1-12-4-5-13(10(12)15)7-9(14)6-11-8-2-3-8/h8-9,11,14H,2-7H2,1H3. The molecular formula is C10H19N3O2. The zero-order chi connectivity index (χ0) is 10.8. The van der Waals surface area contributed by atoms with Gasteiger partial charge in [0, 0.05) is 39.3 Å². The van der Waals surface area contributed by atoms with Gasteiger partial charge in [-0.05, 0) is 12.8 Å². The van der Waals surface area contributed by atoms with Crippen molar-refractivity contribution in [3.05, 3.63) is 0 Å². The van der Waals surface area contributed by atoms with Crippen LogP contribution in [0.3, 0.4) is 0 Å². The van der Waals surface area contributed by atoms with Crippen LogP contribution < -0.4 is 5.32 Å². The third kappa shape index (κ3) is 2.82. The van der Waals surface area contributed by atoms with Gasteiger partial charge >= 0.3 is 6.03 Å². The second kappa shape index (κ2) is 4.37. The Labute approximate surface area is 90.0 Å². The molecule has 15 heavy (non-hydrogen) atoms. The Kier molecular flexibility index (Phi) is 3.11. The van der Waals surface area contributed by atoms with Gasteiger partial charge in [0.25, 0.3) is 0 Å². The van der Waals surface area contributed by atoms with Crippen LogP contribution in [0.1, 0.15) is 12.8 Å². The first-order chi connectivity index (χ1) is 7.16. The average Bonchev–Trinajstić information content (AvgIpc) is 2.98. The van der Waals surface area contributed by atoms with Gasteiger partial charge in [0.15, 0.2) is 0 Å². The number of carbonyl (C=O) groups excluding carboxylic acids is 1. The molecule has 0 bridgehead atoms. The number of aliphatic hydroxyl groups is 1. The van der Waals surface area contributed by atoms with E-state index in [1.807, 2.05) is 0 Å². The van der Waals surface area contributed by atoms with Gasteiger partial charge in [0.1, 0.15) is 0 Å². The van der Waals surface area contributed by atoms with Crippen molar-refractivity contribution in [2.75, 3.05) is 33.2 Å². The van der Waals surface area contributed by atoms with E-state index < -0.39 is 6.10 Å². The predicted molar refractivity (Wildman–Crippen MR) is 56.6 cm³/mol. The van der Waals surface area contributed by atoms with Crippen molar-refractivity contribution in [1.82, 2.24) is 15.1 Å². The fraction of sp³-hybridized carbons (Fsp3) is 0.900. The highest BCUT2D eigenvalue weighted by molar-refractivity contribution is 5.76. The van der Waals surface area contributed by atoms with Crippen LogP contribution in [-0.4, -0.2) is 66.3 Å². The molecule has 1 aliphatic heterocycles. The Morgan fingerprint density at radius 2 is 2.27 bits per heavy atom. The highest BCUT2D eigenvalue weighted by atomic mass is 16.3. The van der Waals surface area contributed by atoms with Crippen molar-refractivity contribution in [3.63, 3.8) is 0 Å². The van der Waals surface area contributed by atoms with Crippen LogP contribution in [0, 0.1) is 0 Å². The van der Waals surface area contributed by atoms with Crippen LogP contribution >= 0.6 is 0 Å². The molecular weight excluding hydrogens is 194 g/mol. The minimum absolute atomic E-state index is 0.0282. The highest BCUT2D eigenvalue weighted by Crippen LogP contribution is 2.18. The average molecular weight is 213 g/mol. The molecule has 2 amide bonds. The van der Waals surface area contributed by atoms with Crippen LogP contribution in [0.25, 0.3) is 0 Å². The molecule has 1 heterocycles. The van der Waals surface area contributed by atoms with Gasteiger partial charge < -0.3 is 20.2 Å². The summed E-state index contributed by atoms with van der Waals surface area (Å²) in [5, 5.41) is 13.0. The van der Waals surface area contributed by atoms with Crippen LogP contribution in [-0.2, 0) is 0 Å². The van der Waals surface area contributed by atoms with Gasteiger partial charge in [-0.2, -0.15) is 0 Å². The molecule has 1 saturated heterocycles. The van der Waals surface area contributed by atoms with E-state index in [9.17, 15) is 9.90 Å². The van der Waals surface area contributed by atoms with Crippen LogP contribution in [0.4, 0.5) is 4.79 Å². The second-order valence-electron chi connectivity index (χ2n) is 4.49. The largest absolute Gasteiger partial charge is 0.390 e. The lowest BCUT2D eigenvalue weighted by atomic mass is 10.3. The van der Waals surface area contributed by atoms with Crippen molar-refractivity contribution in [3.8, 4) is 0 Å². The summed E-state index contributed by atoms with van der Waals surface area (Å²) in [5.41, 5.74) is 0. The second-order valence-corrected chi connectivity index (χ2v) is 4.49. The quantitative estimate of drug-likeness (QED) is 0.645. The number of nitrogens with zero attached hydrogens (tertiary/aromatic N) is 2. The molecule has 1 saturated carbocycles.